The number of sulfonamides is 1. The van der Waals surface area contributed by atoms with Crippen LogP contribution in [-0.4, -0.2) is 24.5 Å². The van der Waals surface area contributed by atoms with Gasteiger partial charge in [0.25, 0.3) is 10.0 Å². The van der Waals surface area contributed by atoms with E-state index in [1.54, 1.807) is 12.1 Å². The second kappa shape index (κ2) is 5.92. The van der Waals surface area contributed by atoms with Gasteiger partial charge in [0, 0.05) is 6.20 Å². The molecule has 0 aliphatic heterocycles. The lowest BCUT2D eigenvalue weighted by Gasteiger charge is -2.08. The zero-order valence-electron chi connectivity index (χ0n) is 11.3. The minimum atomic E-state index is -3.73. The average Bonchev–Trinajstić information content (AvgIpc) is 2.47. The number of carboxylic acid groups (broad SMARTS) is 1. The summed E-state index contributed by atoms with van der Waals surface area (Å²) in [5.41, 5.74) is 1.03. The van der Waals surface area contributed by atoms with Crippen LogP contribution in [0, 0.1) is 0 Å². The molecule has 1 heterocycles. The molecule has 0 fully saturated rings. The maximum absolute atomic E-state index is 12.2. The number of nitrogens with one attached hydrogen (secondary N) is 1. The van der Waals surface area contributed by atoms with Crippen LogP contribution in [0.15, 0.2) is 47.5 Å². The van der Waals surface area contributed by atoms with Gasteiger partial charge in [-0.15, -0.1) is 0 Å². The van der Waals surface area contributed by atoms with E-state index in [9.17, 15) is 13.2 Å². The van der Waals surface area contributed by atoms with Crippen molar-refractivity contribution in [2.45, 2.75) is 18.2 Å². The van der Waals surface area contributed by atoms with E-state index in [2.05, 4.69) is 9.71 Å². The number of benzene rings is 1. The first kappa shape index (κ1) is 15.0. The first-order valence-electron chi connectivity index (χ1n) is 6.23. The minimum absolute atomic E-state index is 0.00903. The number of aryl methyl sites for hydroxylation is 1. The highest BCUT2D eigenvalue weighted by Gasteiger charge is 2.15. The van der Waals surface area contributed by atoms with Crippen molar-refractivity contribution in [2.24, 2.45) is 0 Å². The summed E-state index contributed by atoms with van der Waals surface area (Å²) in [5, 5.41) is 8.76. The number of rotatable bonds is 5. The van der Waals surface area contributed by atoms with Gasteiger partial charge in [-0.1, -0.05) is 19.1 Å². The summed E-state index contributed by atoms with van der Waals surface area (Å²) in [4.78, 5) is 14.6. The van der Waals surface area contributed by atoms with E-state index >= 15 is 0 Å². The molecule has 0 saturated carbocycles. The second-order valence-corrected chi connectivity index (χ2v) is 6.02. The molecule has 0 amide bonds. The highest BCUT2D eigenvalue weighted by molar-refractivity contribution is 7.92. The third-order valence-electron chi connectivity index (χ3n) is 2.89. The summed E-state index contributed by atoms with van der Waals surface area (Å²) in [6.45, 7) is 1.98. The predicted octanol–water partition coefficient (Wildman–Crippen LogP) is 2.14. The van der Waals surface area contributed by atoms with Crippen LogP contribution in [0.4, 0.5) is 5.82 Å². The molecule has 0 saturated heterocycles. The van der Waals surface area contributed by atoms with Crippen LogP contribution in [0.1, 0.15) is 22.8 Å². The fraction of sp³-hybridized carbons (Fsp3) is 0.143. The van der Waals surface area contributed by atoms with Crippen LogP contribution >= 0.6 is 0 Å². The fourth-order valence-electron chi connectivity index (χ4n) is 1.68. The lowest BCUT2D eigenvalue weighted by molar-refractivity contribution is 0.0696. The van der Waals surface area contributed by atoms with Crippen molar-refractivity contribution in [1.29, 1.82) is 0 Å². The van der Waals surface area contributed by atoms with Gasteiger partial charge < -0.3 is 5.11 Å². The monoisotopic (exact) mass is 306 g/mol. The number of carbonyl (C=O) groups is 1. The molecule has 1 aromatic carbocycles. The van der Waals surface area contributed by atoms with Gasteiger partial charge in [0.15, 0.2) is 0 Å². The van der Waals surface area contributed by atoms with E-state index in [-0.39, 0.29) is 16.3 Å². The van der Waals surface area contributed by atoms with Crippen molar-refractivity contribution in [3.8, 4) is 0 Å². The molecule has 2 N–H and O–H groups in total. The van der Waals surface area contributed by atoms with Crippen molar-refractivity contribution in [1.82, 2.24) is 4.98 Å². The van der Waals surface area contributed by atoms with Gasteiger partial charge in [-0.25, -0.2) is 18.2 Å². The maximum Gasteiger partial charge on any atom is 0.337 e. The van der Waals surface area contributed by atoms with Gasteiger partial charge in [-0.3, -0.25) is 4.72 Å². The Balaban J connectivity index is 2.21. The average molecular weight is 306 g/mol. The van der Waals surface area contributed by atoms with E-state index in [4.69, 9.17) is 5.11 Å². The number of hydrogen-bond donors (Lipinski definition) is 2. The minimum Gasteiger partial charge on any atom is -0.478 e. The molecular formula is C14H14N2O4S. The Kier molecular flexibility index (Phi) is 4.23. The van der Waals surface area contributed by atoms with Gasteiger partial charge in [0.1, 0.15) is 5.82 Å². The topological polar surface area (TPSA) is 96.4 Å². The summed E-state index contributed by atoms with van der Waals surface area (Å²) in [5.74, 6) is -1.05. The Morgan fingerprint density at radius 1 is 1.19 bits per heavy atom. The van der Waals surface area contributed by atoms with Gasteiger partial charge in [-0.2, -0.15) is 0 Å². The van der Waals surface area contributed by atoms with Crippen molar-refractivity contribution < 1.29 is 18.3 Å². The van der Waals surface area contributed by atoms with Crippen molar-refractivity contribution in [3.63, 3.8) is 0 Å². The number of nitrogens with zero attached hydrogens (tertiary/aromatic N) is 1. The molecule has 0 aliphatic carbocycles. The normalized spacial score (nSPS) is 11.1. The smallest absolute Gasteiger partial charge is 0.337 e. The highest BCUT2D eigenvalue weighted by Crippen LogP contribution is 2.15. The third kappa shape index (κ3) is 3.57. The summed E-state index contributed by atoms with van der Waals surface area (Å²) >= 11 is 0. The van der Waals surface area contributed by atoms with Crippen molar-refractivity contribution in [2.75, 3.05) is 4.72 Å². The van der Waals surface area contributed by atoms with Crippen molar-refractivity contribution >= 4 is 21.8 Å². The van der Waals surface area contributed by atoms with Crippen molar-refractivity contribution in [3.05, 3.63) is 53.7 Å². The van der Waals surface area contributed by atoms with Crippen LogP contribution in [0.2, 0.25) is 0 Å². The predicted molar refractivity (Wildman–Crippen MR) is 77.8 cm³/mol. The molecular weight excluding hydrogens is 292 g/mol. The number of pyridine rings is 1. The molecule has 0 spiro atoms. The first-order valence-corrected chi connectivity index (χ1v) is 7.72. The molecule has 0 bridgehead atoms. The maximum atomic E-state index is 12.2. The molecule has 0 radical (unpaired) electrons. The lowest BCUT2D eigenvalue weighted by atomic mass is 10.2. The molecule has 6 nitrogen and oxygen atoms in total. The quantitative estimate of drug-likeness (QED) is 0.882. The number of aromatic nitrogens is 1. The second-order valence-electron chi connectivity index (χ2n) is 4.34. The Morgan fingerprint density at radius 2 is 1.86 bits per heavy atom. The van der Waals surface area contributed by atoms with Crippen LogP contribution in [-0.2, 0) is 16.4 Å². The molecule has 7 heteroatoms. The van der Waals surface area contributed by atoms with E-state index < -0.39 is 16.0 Å². The van der Waals surface area contributed by atoms with Gasteiger partial charge in [0.05, 0.1) is 10.5 Å². The Hall–Kier alpha value is -2.41. The summed E-state index contributed by atoms with van der Waals surface area (Å²) in [7, 11) is -3.73. The SMILES string of the molecule is CCc1ccc(S(=O)(=O)Nc2ccc(C(=O)O)cn2)cc1. The molecule has 21 heavy (non-hydrogen) atoms. The number of aromatic carboxylic acids is 1. The van der Waals surface area contributed by atoms with Crippen LogP contribution in [0.25, 0.3) is 0 Å². The summed E-state index contributed by atoms with van der Waals surface area (Å²) in [6, 6.07) is 9.12. The summed E-state index contributed by atoms with van der Waals surface area (Å²) < 4.78 is 26.6. The van der Waals surface area contributed by atoms with Crippen LogP contribution in [0.3, 0.4) is 0 Å². The first-order chi connectivity index (χ1) is 9.92. The molecule has 2 aromatic rings. The summed E-state index contributed by atoms with van der Waals surface area (Å²) in [6.07, 6.45) is 1.92. The van der Waals surface area contributed by atoms with Crippen LogP contribution < -0.4 is 4.72 Å². The number of anilines is 1. The third-order valence-corrected chi connectivity index (χ3v) is 4.26. The largest absolute Gasteiger partial charge is 0.478 e. The molecule has 110 valence electrons. The van der Waals surface area contributed by atoms with E-state index in [1.807, 2.05) is 6.92 Å². The Morgan fingerprint density at radius 3 is 2.33 bits per heavy atom. The number of hydrogen-bond acceptors (Lipinski definition) is 4. The fourth-order valence-corrected chi connectivity index (χ4v) is 2.69. The molecule has 0 aliphatic rings. The number of carboxylic acids is 1. The molecule has 0 unspecified atom stereocenters. The van der Waals surface area contributed by atoms with E-state index in [0.717, 1.165) is 18.2 Å². The lowest BCUT2D eigenvalue weighted by Crippen LogP contribution is -2.14. The molecule has 0 atom stereocenters. The van der Waals surface area contributed by atoms with Gasteiger partial charge in [-0.05, 0) is 36.2 Å². The standard InChI is InChI=1S/C14H14N2O4S/c1-2-10-3-6-12(7-4-10)21(19,20)16-13-8-5-11(9-15-13)14(17)18/h3-9H,2H2,1H3,(H,15,16)(H,17,18). The van der Waals surface area contributed by atoms with Crippen LogP contribution in [0.5, 0.6) is 0 Å². The zero-order chi connectivity index (χ0) is 15.5. The Labute approximate surface area is 122 Å². The Bertz CT molecular complexity index is 738. The molecule has 1 aromatic heterocycles. The molecule has 2 rings (SSSR count). The van der Waals surface area contributed by atoms with Gasteiger partial charge >= 0.3 is 5.97 Å². The van der Waals surface area contributed by atoms with E-state index in [1.165, 1.54) is 24.3 Å². The van der Waals surface area contributed by atoms with Gasteiger partial charge in [0.2, 0.25) is 0 Å². The zero-order valence-corrected chi connectivity index (χ0v) is 12.1. The van der Waals surface area contributed by atoms with E-state index in [0.29, 0.717) is 0 Å². The highest BCUT2D eigenvalue weighted by atomic mass is 32.2.